The van der Waals surface area contributed by atoms with Gasteiger partial charge in [-0.05, 0) is 25.3 Å². The summed E-state index contributed by atoms with van der Waals surface area (Å²) in [5.41, 5.74) is 0.0709. The van der Waals surface area contributed by atoms with Gasteiger partial charge in [-0.25, -0.2) is 4.39 Å². The molecule has 1 N–H and O–H groups in total. The van der Waals surface area contributed by atoms with Gasteiger partial charge in [-0.2, -0.15) is 0 Å². The van der Waals surface area contributed by atoms with Gasteiger partial charge < -0.3 is 10.1 Å². The third kappa shape index (κ3) is 2.76. The third-order valence-corrected chi connectivity index (χ3v) is 3.24. The van der Waals surface area contributed by atoms with Crippen LogP contribution < -0.4 is 5.32 Å². The molecule has 0 spiro atoms. The Kier molecular flexibility index (Phi) is 3.76. The molecule has 1 fully saturated rings. The van der Waals surface area contributed by atoms with Crippen molar-refractivity contribution in [2.24, 2.45) is 0 Å². The Balaban J connectivity index is 2.04. The first-order valence-corrected chi connectivity index (χ1v) is 5.83. The number of methoxy groups -OCH3 is 1. The van der Waals surface area contributed by atoms with Crippen LogP contribution in [-0.2, 0) is 4.74 Å². The molecule has 5 nitrogen and oxygen atoms in total. The quantitative estimate of drug-likeness (QED) is 0.662. The van der Waals surface area contributed by atoms with Crippen molar-refractivity contribution in [3.05, 3.63) is 34.1 Å². The molecule has 0 aliphatic heterocycles. The molecule has 1 saturated carbocycles. The summed E-state index contributed by atoms with van der Waals surface area (Å²) in [6.45, 7) is 0. The minimum Gasteiger partial charge on any atom is -0.381 e. The van der Waals surface area contributed by atoms with Gasteiger partial charge in [-0.15, -0.1) is 0 Å². The monoisotopic (exact) mass is 254 g/mol. The minimum absolute atomic E-state index is 0.158. The molecular weight excluding hydrogens is 239 g/mol. The average molecular weight is 254 g/mol. The Morgan fingerprint density at radius 3 is 2.83 bits per heavy atom. The Labute approximate surface area is 104 Å². The van der Waals surface area contributed by atoms with Crippen LogP contribution in [0.3, 0.4) is 0 Å². The molecule has 0 bridgehead atoms. The van der Waals surface area contributed by atoms with Gasteiger partial charge in [0.1, 0.15) is 0 Å². The number of non-ortho nitro benzene ring substituents is 1. The first-order valence-electron chi connectivity index (χ1n) is 5.83. The normalized spacial score (nSPS) is 23.0. The van der Waals surface area contributed by atoms with E-state index in [9.17, 15) is 14.5 Å². The minimum atomic E-state index is -0.608. The molecule has 0 aromatic heterocycles. The lowest BCUT2D eigenvalue weighted by Gasteiger charge is -2.14. The predicted octanol–water partition coefficient (Wildman–Crippen LogP) is 2.71. The fourth-order valence-electron chi connectivity index (χ4n) is 2.24. The lowest BCUT2D eigenvalue weighted by molar-refractivity contribution is -0.385. The van der Waals surface area contributed by atoms with Crippen LogP contribution in [0.1, 0.15) is 19.3 Å². The second kappa shape index (κ2) is 5.30. The second-order valence-corrected chi connectivity index (χ2v) is 4.43. The van der Waals surface area contributed by atoms with Crippen LogP contribution in [-0.4, -0.2) is 24.2 Å². The molecule has 1 aliphatic carbocycles. The Morgan fingerprint density at radius 1 is 1.50 bits per heavy atom. The molecule has 2 unspecified atom stereocenters. The van der Waals surface area contributed by atoms with Gasteiger partial charge in [-0.3, -0.25) is 10.1 Å². The molecule has 0 radical (unpaired) electrons. The number of halogens is 1. The third-order valence-electron chi connectivity index (χ3n) is 3.24. The number of hydrogen-bond acceptors (Lipinski definition) is 4. The summed E-state index contributed by atoms with van der Waals surface area (Å²) in [6, 6.07) is 3.80. The lowest BCUT2D eigenvalue weighted by Crippen LogP contribution is -2.18. The highest BCUT2D eigenvalue weighted by Crippen LogP contribution is 2.27. The van der Waals surface area contributed by atoms with E-state index in [0.717, 1.165) is 25.3 Å². The van der Waals surface area contributed by atoms with E-state index in [1.807, 2.05) is 0 Å². The van der Waals surface area contributed by atoms with Gasteiger partial charge >= 0.3 is 0 Å². The molecule has 1 aliphatic rings. The van der Waals surface area contributed by atoms with Crippen LogP contribution in [0.25, 0.3) is 0 Å². The predicted molar refractivity (Wildman–Crippen MR) is 65.1 cm³/mol. The number of nitro groups is 1. The maximum Gasteiger partial charge on any atom is 0.272 e. The zero-order valence-corrected chi connectivity index (χ0v) is 10.1. The van der Waals surface area contributed by atoms with Crippen LogP contribution in [0.2, 0.25) is 0 Å². The zero-order chi connectivity index (χ0) is 13.1. The van der Waals surface area contributed by atoms with E-state index in [1.54, 1.807) is 7.11 Å². The Hall–Kier alpha value is -1.69. The van der Waals surface area contributed by atoms with E-state index in [2.05, 4.69) is 5.32 Å². The summed E-state index contributed by atoms with van der Waals surface area (Å²) < 4.78 is 18.9. The number of nitro benzene ring substituents is 1. The molecule has 0 amide bonds. The first kappa shape index (κ1) is 12.8. The van der Waals surface area contributed by atoms with Gasteiger partial charge in [0, 0.05) is 19.2 Å². The number of nitrogens with zero attached hydrogens (tertiary/aromatic N) is 1. The zero-order valence-electron chi connectivity index (χ0n) is 10.1. The van der Waals surface area contributed by atoms with Gasteiger partial charge in [0.05, 0.1) is 22.8 Å². The van der Waals surface area contributed by atoms with Crippen molar-refractivity contribution >= 4 is 11.4 Å². The van der Waals surface area contributed by atoms with Crippen LogP contribution >= 0.6 is 0 Å². The fraction of sp³-hybridized carbons (Fsp3) is 0.500. The van der Waals surface area contributed by atoms with Crippen molar-refractivity contribution in [1.82, 2.24) is 0 Å². The van der Waals surface area contributed by atoms with Crippen molar-refractivity contribution in [3.8, 4) is 0 Å². The fourth-order valence-corrected chi connectivity index (χ4v) is 2.24. The highest BCUT2D eigenvalue weighted by Gasteiger charge is 2.25. The molecule has 18 heavy (non-hydrogen) atoms. The van der Waals surface area contributed by atoms with Gasteiger partial charge in [0.2, 0.25) is 0 Å². The number of hydrogen-bond donors (Lipinski definition) is 1. The van der Waals surface area contributed by atoms with E-state index in [4.69, 9.17) is 4.74 Å². The van der Waals surface area contributed by atoms with Crippen molar-refractivity contribution in [2.45, 2.75) is 31.4 Å². The summed E-state index contributed by atoms with van der Waals surface area (Å²) >= 11 is 0. The topological polar surface area (TPSA) is 64.4 Å². The highest BCUT2D eigenvalue weighted by molar-refractivity contribution is 5.50. The lowest BCUT2D eigenvalue weighted by atomic mass is 10.2. The van der Waals surface area contributed by atoms with Crippen LogP contribution in [0.4, 0.5) is 15.8 Å². The number of nitrogens with one attached hydrogen (secondary N) is 1. The highest BCUT2D eigenvalue weighted by atomic mass is 19.1. The maximum absolute atomic E-state index is 13.6. The van der Waals surface area contributed by atoms with Crippen LogP contribution in [0.15, 0.2) is 18.2 Å². The second-order valence-electron chi connectivity index (χ2n) is 4.43. The summed E-state index contributed by atoms with van der Waals surface area (Å²) in [7, 11) is 1.67. The summed E-state index contributed by atoms with van der Waals surface area (Å²) in [6.07, 6.45) is 2.90. The summed E-state index contributed by atoms with van der Waals surface area (Å²) in [5.74, 6) is -0.593. The molecule has 1 aromatic carbocycles. The van der Waals surface area contributed by atoms with E-state index in [0.29, 0.717) is 5.69 Å². The largest absolute Gasteiger partial charge is 0.381 e. The van der Waals surface area contributed by atoms with Crippen molar-refractivity contribution in [2.75, 3.05) is 12.4 Å². The number of rotatable bonds is 4. The molecule has 2 atom stereocenters. The number of anilines is 1. The van der Waals surface area contributed by atoms with Gasteiger partial charge in [0.15, 0.2) is 5.82 Å². The van der Waals surface area contributed by atoms with Crippen molar-refractivity contribution < 1.29 is 14.1 Å². The standard InChI is InChI=1S/C12H15FN2O3/c1-18-10-4-2-8(6-10)14-12-5-3-9(15(16)17)7-11(12)13/h3,5,7-8,10,14H,2,4,6H2,1H3. The molecule has 0 saturated heterocycles. The van der Waals surface area contributed by atoms with E-state index >= 15 is 0 Å². The molecular formula is C12H15FN2O3. The van der Waals surface area contributed by atoms with E-state index in [1.165, 1.54) is 12.1 Å². The molecule has 6 heteroatoms. The van der Waals surface area contributed by atoms with Gasteiger partial charge in [0.25, 0.3) is 5.69 Å². The maximum atomic E-state index is 13.6. The molecule has 98 valence electrons. The van der Waals surface area contributed by atoms with E-state index in [-0.39, 0.29) is 17.8 Å². The summed E-state index contributed by atoms with van der Waals surface area (Å²) in [4.78, 5) is 9.89. The van der Waals surface area contributed by atoms with Crippen LogP contribution in [0.5, 0.6) is 0 Å². The Morgan fingerprint density at radius 2 is 2.28 bits per heavy atom. The van der Waals surface area contributed by atoms with Gasteiger partial charge in [-0.1, -0.05) is 0 Å². The van der Waals surface area contributed by atoms with Crippen molar-refractivity contribution in [1.29, 1.82) is 0 Å². The molecule has 1 aromatic rings. The Bertz CT molecular complexity index is 453. The smallest absolute Gasteiger partial charge is 0.272 e. The average Bonchev–Trinajstić information content (AvgIpc) is 2.79. The number of benzene rings is 1. The molecule has 0 heterocycles. The summed E-state index contributed by atoms with van der Waals surface area (Å²) in [5, 5.41) is 13.6. The first-order chi connectivity index (χ1) is 8.60. The number of ether oxygens (including phenoxy) is 1. The van der Waals surface area contributed by atoms with Crippen LogP contribution in [0, 0.1) is 15.9 Å². The van der Waals surface area contributed by atoms with Crippen molar-refractivity contribution in [3.63, 3.8) is 0 Å². The molecule has 2 rings (SSSR count). The van der Waals surface area contributed by atoms with E-state index < -0.39 is 10.7 Å². The SMILES string of the molecule is COC1CCC(Nc2ccc([N+](=O)[O-])cc2F)C1.